The van der Waals surface area contributed by atoms with Crippen molar-refractivity contribution in [3.05, 3.63) is 24.3 Å². The van der Waals surface area contributed by atoms with Crippen molar-refractivity contribution in [2.45, 2.75) is 64.1 Å². The highest BCUT2D eigenvalue weighted by atomic mass is 16.5. The van der Waals surface area contributed by atoms with E-state index in [9.17, 15) is 9.59 Å². The summed E-state index contributed by atoms with van der Waals surface area (Å²) in [5.74, 6) is 1.47. The zero-order valence-electron chi connectivity index (χ0n) is 21.4. The molecule has 4 rings (SSSR count). The fourth-order valence-electron chi connectivity index (χ4n) is 5.21. The van der Waals surface area contributed by atoms with Crippen molar-refractivity contribution in [1.29, 1.82) is 0 Å². The van der Waals surface area contributed by atoms with Crippen LogP contribution in [0.2, 0.25) is 0 Å². The minimum absolute atomic E-state index is 0.239. The van der Waals surface area contributed by atoms with E-state index >= 15 is 0 Å². The fraction of sp³-hybridized carbons (Fsp3) is 0.654. The predicted molar refractivity (Wildman–Crippen MR) is 138 cm³/mol. The van der Waals surface area contributed by atoms with Gasteiger partial charge in [-0.1, -0.05) is 45.4 Å². The van der Waals surface area contributed by atoms with Crippen molar-refractivity contribution < 1.29 is 14.3 Å². The second-order valence-electron chi connectivity index (χ2n) is 9.68. The molecule has 0 saturated carbocycles. The van der Waals surface area contributed by atoms with Gasteiger partial charge in [-0.25, -0.2) is 9.79 Å². The molecular weight excluding hydrogens is 444 g/mol. The average molecular weight is 485 g/mol. The van der Waals surface area contributed by atoms with Crippen LogP contribution in [0.1, 0.15) is 51.9 Å². The minimum atomic E-state index is -0.463. The van der Waals surface area contributed by atoms with Crippen LogP contribution >= 0.6 is 0 Å². The maximum Gasteiger partial charge on any atom is 0.325 e. The number of likely N-dealkylation sites (N-methyl/N-ethyl adjacent to an activating group) is 1. The number of carbonyl (C=O) groups is 2. The minimum Gasteiger partial charge on any atom is -0.497 e. The van der Waals surface area contributed by atoms with Gasteiger partial charge in [0, 0.05) is 45.5 Å². The highest BCUT2D eigenvalue weighted by Crippen LogP contribution is 2.27. The molecule has 0 spiro atoms. The quantitative estimate of drug-likeness (QED) is 0.514. The Morgan fingerprint density at radius 3 is 2.23 bits per heavy atom. The largest absolute Gasteiger partial charge is 0.497 e. The van der Waals surface area contributed by atoms with E-state index in [-0.39, 0.29) is 11.9 Å². The number of hydrogen-bond donors (Lipinski definition) is 1. The van der Waals surface area contributed by atoms with Gasteiger partial charge >= 0.3 is 6.03 Å². The number of benzene rings is 1. The standard InChI is InChI=1S/C26H40N6O3/c1-4-5-6-7-8-9-10-15-32-22-23(29(2)26(34)28-24(22)33)27-25(32)31-18-16-30(17-19-31)20-11-13-21(35-3)14-12-20/h11-14,22-23H,4-10,15-19H2,1-3H3,(H,28,33,34). The lowest BCUT2D eigenvalue weighted by atomic mass is 10.1. The van der Waals surface area contributed by atoms with Gasteiger partial charge in [0.15, 0.2) is 18.2 Å². The van der Waals surface area contributed by atoms with Gasteiger partial charge in [0.1, 0.15) is 5.75 Å². The van der Waals surface area contributed by atoms with E-state index < -0.39 is 12.2 Å². The average Bonchev–Trinajstić information content (AvgIpc) is 3.27. The van der Waals surface area contributed by atoms with Crippen molar-refractivity contribution in [1.82, 2.24) is 20.0 Å². The molecule has 2 fully saturated rings. The summed E-state index contributed by atoms with van der Waals surface area (Å²) < 4.78 is 5.28. The molecule has 2 atom stereocenters. The first kappa shape index (κ1) is 25.1. The van der Waals surface area contributed by atoms with Crippen LogP contribution in [0.5, 0.6) is 5.75 Å². The number of rotatable bonds is 10. The van der Waals surface area contributed by atoms with Crippen molar-refractivity contribution >= 4 is 23.6 Å². The molecule has 0 aliphatic carbocycles. The zero-order valence-corrected chi connectivity index (χ0v) is 21.4. The van der Waals surface area contributed by atoms with Crippen molar-refractivity contribution in [2.75, 3.05) is 51.8 Å². The van der Waals surface area contributed by atoms with E-state index in [4.69, 9.17) is 9.73 Å². The third kappa shape index (κ3) is 5.65. The first-order valence-electron chi connectivity index (χ1n) is 13.1. The summed E-state index contributed by atoms with van der Waals surface area (Å²) in [6.45, 7) is 6.38. The van der Waals surface area contributed by atoms with Crippen LogP contribution in [0.15, 0.2) is 29.3 Å². The van der Waals surface area contributed by atoms with Gasteiger partial charge in [-0.15, -0.1) is 0 Å². The first-order chi connectivity index (χ1) is 17.0. The molecule has 192 valence electrons. The maximum absolute atomic E-state index is 12.9. The third-order valence-corrected chi connectivity index (χ3v) is 7.34. The van der Waals surface area contributed by atoms with E-state index in [1.54, 1.807) is 19.1 Å². The molecule has 0 radical (unpaired) electrons. The Balaban J connectivity index is 1.40. The number of carbonyl (C=O) groups excluding carboxylic acids is 2. The second kappa shape index (κ2) is 11.6. The van der Waals surface area contributed by atoms with Crippen LogP contribution in [0, 0.1) is 0 Å². The smallest absolute Gasteiger partial charge is 0.325 e. The number of hydrogen-bond acceptors (Lipinski definition) is 7. The molecule has 9 heteroatoms. The van der Waals surface area contributed by atoms with Crippen LogP contribution < -0.4 is 15.0 Å². The number of aliphatic imine (C=N–C) groups is 1. The van der Waals surface area contributed by atoms with Crippen LogP contribution in [0.4, 0.5) is 10.5 Å². The van der Waals surface area contributed by atoms with Gasteiger partial charge in [0.2, 0.25) is 0 Å². The number of piperazine rings is 1. The number of guanidine groups is 1. The van der Waals surface area contributed by atoms with Gasteiger partial charge in [0.25, 0.3) is 5.91 Å². The Morgan fingerprint density at radius 1 is 0.943 bits per heavy atom. The molecule has 1 aromatic rings. The molecule has 3 aliphatic rings. The molecule has 0 bridgehead atoms. The third-order valence-electron chi connectivity index (χ3n) is 7.34. The number of unbranched alkanes of at least 4 members (excludes halogenated alkanes) is 6. The Labute approximate surface area is 209 Å². The van der Waals surface area contributed by atoms with E-state index in [1.807, 2.05) is 12.1 Å². The monoisotopic (exact) mass is 484 g/mol. The summed E-state index contributed by atoms with van der Waals surface area (Å²) in [6.07, 6.45) is 8.05. The Hall–Kier alpha value is -2.97. The molecule has 3 amide bonds. The Bertz CT molecular complexity index is 897. The summed E-state index contributed by atoms with van der Waals surface area (Å²) in [5, 5.41) is 2.51. The Kier molecular flexibility index (Phi) is 8.36. The number of imide groups is 1. The molecule has 2 saturated heterocycles. The van der Waals surface area contributed by atoms with Crippen LogP contribution in [-0.2, 0) is 4.79 Å². The summed E-state index contributed by atoms with van der Waals surface area (Å²) in [5.41, 5.74) is 1.18. The number of anilines is 1. The lowest BCUT2D eigenvalue weighted by Crippen LogP contribution is -2.64. The van der Waals surface area contributed by atoms with E-state index in [2.05, 4.69) is 39.1 Å². The number of methoxy groups -OCH3 is 1. The molecular formula is C26H40N6O3. The molecule has 9 nitrogen and oxygen atoms in total. The molecule has 2 unspecified atom stereocenters. The number of nitrogens with zero attached hydrogens (tertiary/aromatic N) is 5. The zero-order chi connectivity index (χ0) is 24.8. The summed E-state index contributed by atoms with van der Waals surface area (Å²) in [4.78, 5) is 38.4. The topological polar surface area (TPSA) is 80.7 Å². The van der Waals surface area contributed by atoms with E-state index in [0.29, 0.717) is 0 Å². The van der Waals surface area contributed by atoms with Crippen LogP contribution in [0.25, 0.3) is 0 Å². The molecule has 35 heavy (non-hydrogen) atoms. The SMILES string of the molecule is CCCCCCCCCN1C(N2CCN(c3ccc(OC)cc3)CC2)=NC2C1C(=O)NC(=O)N2C. The molecule has 1 aromatic carbocycles. The van der Waals surface area contributed by atoms with Crippen LogP contribution in [0.3, 0.4) is 0 Å². The van der Waals surface area contributed by atoms with E-state index in [1.165, 1.54) is 37.8 Å². The second-order valence-corrected chi connectivity index (χ2v) is 9.68. The maximum atomic E-state index is 12.9. The van der Waals surface area contributed by atoms with Crippen LogP contribution in [-0.4, -0.2) is 91.7 Å². The highest BCUT2D eigenvalue weighted by Gasteiger charge is 2.49. The summed E-state index contributed by atoms with van der Waals surface area (Å²) >= 11 is 0. The van der Waals surface area contributed by atoms with Gasteiger partial charge in [-0.2, -0.15) is 0 Å². The van der Waals surface area contributed by atoms with Crippen molar-refractivity contribution in [2.24, 2.45) is 4.99 Å². The van der Waals surface area contributed by atoms with Gasteiger partial charge in [-0.05, 0) is 30.7 Å². The van der Waals surface area contributed by atoms with Gasteiger partial charge in [-0.3, -0.25) is 10.1 Å². The number of ether oxygens (including phenoxy) is 1. The highest BCUT2D eigenvalue weighted by molar-refractivity contribution is 6.03. The van der Waals surface area contributed by atoms with Crippen molar-refractivity contribution in [3.63, 3.8) is 0 Å². The number of amides is 3. The molecule has 1 N–H and O–H groups in total. The molecule has 3 aliphatic heterocycles. The first-order valence-corrected chi connectivity index (χ1v) is 13.1. The molecule has 3 heterocycles. The van der Waals surface area contributed by atoms with Gasteiger partial charge < -0.3 is 24.3 Å². The van der Waals surface area contributed by atoms with Crippen molar-refractivity contribution in [3.8, 4) is 5.75 Å². The summed E-state index contributed by atoms with van der Waals surface area (Å²) in [6, 6.07) is 7.34. The molecule has 0 aromatic heterocycles. The summed E-state index contributed by atoms with van der Waals surface area (Å²) in [7, 11) is 3.40. The fourth-order valence-corrected chi connectivity index (χ4v) is 5.21. The predicted octanol–water partition coefficient (Wildman–Crippen LogP) is 3.12. The van der Waals surface area contributed by atoms with Gasteiger partial charge in [0.05, 0.1) is 7.11 Å². The Morgan fingerprint density at radius 2 is 1.57 bits per heavy atom. The lowest BCUT2D eigenvalue weighted by Gasteiger charge is -2.41. The number of fused-ring (bicyclic) bond motifs is 1. The van der Waals surface area contributed by atoms with E-state index in [0.717, 1.165) is 57.3 Å². The normalized spacial score (nSPS) is 22.3. The number of nitrogens with one attached hydrogen (secondary N) is 1. The lowest BCUT2D eigenvalue weighted by molar-refractivity contribution is -0.127. The number of urea groups is 1.